The molecule has 6 rings (SSSR count). The maximum atomic E-state index is 11.3. The second kappa shape index (κ2) is 9.98. The Morgan fingerprint density at radius 3 is 2.33 bits per heavy atom. The first-order valence-electron chi connectivity index (χ1n) is 12.6. The van der Waals surface area contributed by atoms with Crippen LogP contribution < -0.4 is 9.75 Å². The summed E-state index contributed by atoms with van der Waals surface area (Å²) in [5, 5.41) is 19.1. The Morgan fingerprint density at radius 1 is 0.897 bits per heavy atom. The average molecular weight is 516 g/mol. The number of non-ortho nitro benzene ring substituents is 1. The van der Waals surface area contributed by atoms with Crippen LogP contribution in [0.4, 0.5) is 11.6 Å². The number of methoxy groups -OCH3 is 1. The Morgan fingerprint density at radius 2 is 1.64 bits per heavy atom. The van der Waals surface area contributed by atoms with Crippen LogP contribution in [-0.4, -0.2) is 27.7 Å². The van der Waals surface area contributed by atoms with Gasteiger partial charge in [0, 0.05) is 29.5 Å². The monoisotopic (exact) mass is 515 g/mol. The quantitative estimate of drug-likeness (QED) is 0.181. The molecule has 0 aliphatic carbocycles. The van der Waals surface area contributed by atoms with E-state index < -0.39 is 4.92 Å². The van der Waals surface area contributed by atoms with Crippen LogP contribution in [0.5, 0.6) is 5.75 Å². The van der Waals surface area contributed by atoms with Crippen LogP contribution in [0.3, 0.4) is 0 Å². The zero-order valence-corrected chi connectivity index (χ0v) is 21.5. The number of hydrazone groups is 1. The molecule has 39 heavy (non-hydrogen) atoms. The third-order valence-electron chi connectivity index (χ3n) is 6.91. The zero-order chi connectivity index (χ0) is 26.9. The van der Waals surface area contributed by atoms with E-state index in [1.54, 1.807) is 19.2 Å². The number of hydrogen-bond donors (Lipinski definition) is 0. The lowest BCUT2D eigenvalue weighted by Crippen LogP contribution is -2.21. The highest BCUT2D eigenvalue weighted by Crippen LogP contribution is 2.38. The third-order valence-corrected chi connectivity index (χ3v) is 6.91. The van der Waals surface area contributed by atoms with Crippen LogP contribution in [0, 0.1) is 17.0 Å². The molecule has 5 aromatic rings. The third kappa shape index (κ3) is 4.68. The molecule has 2 heterocycles. The lowest BCUT2D eigenvalue weighted by molar-refractivity contribution is -0.384. The zero-order valence-electron chi connectivity index (χ0n) is 21.5. The molecule has 1 aliphatic heterocycles. The van der Waals surface area contributed by atoms with E-state index in [4.69, 9.17) is 19.8 Å². The van der Waals surface area contributed by atoms with Crippen molar-refractivity contribution in [3.8, 4) is 17.0 Å². The Kier molecular flexibility index (Phi) is 6.20. The van der Waals surface area contributed by atoms with Crippen molar-refractivity contribution in [2.45, 2.75) is 19.4 Å². The van der Waals surface area contributed by atoms with Crippen molar-refractivity contribution in [2.24, 2.45) is 5.10 Å². The number of rotatable bonds is 6. The van der Waals surface area contributed by atoms with Crippen LogP contribution in [0.25, 0.3) is 22.2 Å². The molecule has 0 N–H and O–H groups in total. The number of nitro groups is 1. The maximum absolute atomic E-state index is 11.3. The fraction of sp³-hybridized carbons (Fsp3) is 0.129. The van der Waals surface area contributed by atoms with Crippen LogP contribution in [-0.2, 0) is 0 Å². The standard InChI is InChI=1S/C31H25N5O3/c1-20-8-17-27-26(18-20)30(23-6-4-3-5-7-23)33-31(32-27)35-29(22-9-13-24(14-10-22)36(37)38)19-28(34-35)21-11-15-25(39-2)16-12-21/h3-18,29H,19H2,1-2H3. The molecule has 4 aromatic carbocycles. The minimum absolute atomic E-state index is 0.0447. The minimum atomic E-state index is -0.393. The maximum Gasteiger partial charge on any atom is 0.269 e. The molecule has 8 heteroatoms. The van der Waals surface area contributed by atoms with E-state index in [1.165, 1.54) is 12.1 Å². The van der Waals surface area contributed by atoms with Gasteiger partial charge in [-0.15, -0.1) is 0 Å². The number of fused-ring (bicyclic) bond motifs is 1. The van der Waals surface area contributed by atoms with Crippen LogP contribution >= 0.6 is 0 Å². The van der Waals surface area contributed by atoms with E-state index >= 15 is 0 Å². The molecular formula is C31H25N5O3. The summed E-state index contributed by atoms with van der Waals surface area (Å²) in [7, 11) is 1.64. The second-order valence-electron chi connectivity index (χ2n) is 9.45. The normalized spacial score (nSPS) is 14.9. The molecule has 0 bridgehead atoms. The first-order valence-corrected chi connectivity index (χ1v) is 12.6. The van der Waals surface area contributed by atoms with E-state index in [2.05, 4.69) is 13.0 Å². The van der Waals surface area contributed by atoms with Gasteiger partial charge in [0.25, 0.3) is 5.69 Å². The van der Waals surface area contributed by atoms with E-state index in [1.807, 2.05) is 71.7 Å². The molecule has 0 saturated carbocycles. The number of aromatic nitrogens is 2. The number of anilines is 1. The number of benzene rings is 4. The fourth-order valence-electron chi connectivity index (χ4n) is 4.88. The van der Waals surface area contributed by atoms with Crippen molar-refractivity contribution < 1.29 is 9.66 Å². The van der Waals surface area contributed by atoms with Gasteiger partial charge in [-0.1, -0.05) is 54.1 Å². The highest BCUT2D eigenvalue weighted by atomic mass is 16.6. The SMILES string of the molecule is COc1ccc(C2=NN(c3nc(-c4ccccc4)c4cc(C)ccc4n3)C(c3ccc([N+](=O)[O-])cc3)C2)cc1. The summed E-state index contributed by atoms with van der Waals surface area (Å²) < 4.78 is 5.32. The number of nitro benzene ring substituents is 1. The van der Waals surface area contributed by atoms with Gasteiger partial charge in [0.05, 0.1) is 35.0 Å². The van der Waals surface area contributed by atoms with Crippen molar-refractivity contribution in [1.29, 1.82) is 0 Å². The van der Waals surface area contributed by atoms with Crippen LogP contribution in [0.1, 0.15) is 29.2 Å². The lowest BCUT2D eigenvalue weighted by atomic mass is 9.98. The van der Waals surface area contributed by atoms with Gasteiger partial charge in [-0.2, -0.15) is 5.10 Å². The summed E-state index contributed by atoms with van der Waals surface area (Å²) in [5.74, 6) is 1.24. The first-order chi connectivity index (χ1) is 19.0. The topological polar surface area (TPSA) is 93.8 Å². The minimum Gasteiger partial charge on any atom is -0.497 e. The average Bonchev–Trinajstić information content (AvgIpc) is 3.43. The molecule has 1 aromatic heterocycles. The molecule has 0 fully saturated rings. The van der Waals surface area contributed by atoms with Gasteiger partial charge in [-0.3, -0.25) is 10.1 Å². The summed E-state index contributed by atoms with van der Waals surface area (Å²) in [6, 6.07) is 30.3. The number of aryl methyl sites for hydroxylation is 1. The van der Waals surface area contributed by atoms with Crippen molar-refractivity contribution in [3.05, 3.63) is 124 Å². The van der Waals surface area contributed by atoms with Gasteiger partial charge >= 0.3 is 0 Å². The Labute approximate surface area is 225 Å². The van der Waals surface area contributed by atoms with Crippen molar-refractivity contribution in [1.82, 2.24) is 9.97 Å². The molecule has 192 valence electrons. The van der Waals surface area contributed by atoms with E-state index in [0.717, 1.165) is 50.3 Å². The predicted octanol–water partition coefficient (Wildman–Crippen LogP) is 6.88. The highest BCUT2D eigenvalue weighted by Gasteiger charge is 2.32. The fourth-order valence-corrected chi connectivity index (χ4v) is 4.88. The van der Waals surface area contributed by atoms with Crippen LogP contribution in [0.2, 0.25) is 0 Å². The van der Waals surface area contributed by atoms with E-state index in [9.17, 15) is 10.1 Å². The Hall–Kier alpha value is -5.11. The molecule has 0 saturated heterocycles. The smallest absolute Gasteiger partial charge is 0.269 e. The molecule has 8 nitrogen and oxygen atoms in total. The summed E-state index contributed by atoms with van der Waals surface area (Å²) in [5.41, 5.74) is 6.53. The van der Waals surface area contributed by atoms with Crippen molar-refractivity contribution in [2.75, 3.05) is 12.1 Å². The lowest BCUT2D eigenvalue weighted by Gasteiger charge is -2.23. The molecular weight excluding hydrogens is 490 g/mol. The van der Waals surface area contributed by atoms with Gasteiger partial charge in [0.2, 0.25) is 5.95 Å². The number of nitrogens with zero attached hydrogens (tertiary/aromatic N) is 5. The Balaban J connectivity index is 1.51. The molecule has 1 unspecified atom stereocenters. The van der Waals surface area contributed by atoms with Crippen molar-refractivity contribution in [3.63, 3.8) is 0 Å². The second-order valence-corrected chi connectivity index (χ2v) is 9.45. The number of hydrogen-bond acceptors (Lipinski definition) is 7. The molecule has 0 radical (unpaired) electrons. The molecule has 1 aliphatic rings. The van der Waals surface area contributed by atoms with Gasteiger partial charge in [0.1, 0.15) is 5.75 Å². The van der Waals surface area contributed by atoms with E-state index in [-0.39, 0.29) is 11.7 Å². The van der Waals surface area contributed by atoms with Gasteiger partial charge < -0.3 is 4.74 Å². The summed E-state index contributed by atoms with van der Waals surface area (Å²) in [6.07, 6.45) is 0.583. The molecule has 1 atom stereocenters. The van der Waals surface area contributed by atoms with Gasteiger partial charge in [-0.05, 0) is 54.4 Å². The van der Waals surface area contributed by atoms with Gasteiger partial charge in [0.15, 0.2) is 0 Å². The molecule has 0 amide bonds. The summed E-state index contributed by atoms with van der Waals surface area (Å²) in [4.78, 5) is 20.9. The van der Waals surface area contributed by atoms with Gasteiger partial charge in [-0.25, -0.2) is 15.0 Å². The first kappa shape index (κ1) is 24.2. The van der Waals surface area contributed by atoms with E-state index in [0.29, 0.717) is 12.4 Å². The predicted molar refractivity (Wildman–Crippen MR) is 152 cm³/mol. The van der Waals surface area contributed by atoms with Crippen LogP contribution in [0.15, 0.2) is 102 Å². The highest BCUT2D eigenvalue weighted by molar-refractivity contribution is 6.03. The number of ether oxygens (including phenoxy) is 1. The summed E-state index contributed by atoms with van der Waals surface area (Å²) in [6.45, 7) is 2.05. The largest absolute Gasteiger partial charge is 0.497 e. The summed E-state index contributed by atoms with van der Waals surface area (Å²) >= 11 is 0. The van der Waals surface area contributed by atoms with Crippen molar-refractivity contribution >= 4 is 28.3 Å². The Bertz CT molecular complexity index is 1700. The molecule has 0 spiro atoms.